The van der Waals surface area contributed by atoms with E-state index in [1.165, 1.54) is 11.2 Å². The van der Waals surface area contributed by atoms with Crippen LogP contribution in [0.4, 0.5) is 5.69 Å². The lowest BCUT2D eigenvalue weighted by molar-refractivity contribution is 1.16. The van der Waals surface area contributed by atoms with Crippen molar-refractivity contribution in [3.05, 3.63) is 24.5 Å². The number of fused-ring (bicyclic) bond motifs is 1. The third-order valence-electron chi connectivity index (χ3n) is 2.81. The van der Waals surface area contributed by atoms with Gasteiger partial charge in [-0.1, -0.05) is 45.3 Å². The summed E-state index contributed by atoms with van der Waals surface area (Å²) in [5.41, 5.74) is 3.56. The zero-order valence-corrected chi connectivity index (χ0v) is 14.2. The number of anilines is 1. The first-order chi connectivity index (χ1) is 8.18. The van der Waals surface area contributed by atoms with Crippen LogP contribution in [-0.4, -0.2) is 25.7 Å². The third-order valence-corrected chi connectivity index (χ3v) is 5.63. The second-order valence-corrected chi connectivity index (χ2v) is 16.4. The molecule has 2 rings (SSSR count). The molecule has 0 bridgehead atoms. The monoisotopic (exact) mass is 277 g/mol. The number of aromatic nitrogens is 2. The number of benzene rings is 1. The minimum absolute atomic E-state index is 1.11. The molecule has 0 atom stereocenters. The van der Waals surface area contributed by atoms with Crippen LogP contribution in [0.2, 0.25) is 39.3 Å². The zero-order valence-electron chi connectivity index (χ0n) is 12.2. The average molecular weight is 278 g/mol. The van der Waals surface area contributed by atoms with Crippen LogP contribution in [0.3, 0.4) is 0 Å². The number of imidazole rings is 1. The van der Waals surface area contributed by atoms with Crippen LogP contribution in [0.1, 0.15) is 0 Å². The molecule has 1 N–H and O–H groups in total. The predicted octanol–water partition coefficient (Wildman–Crippen LogP) is 3.97. The predicted molar refractivity (Wildman–Crippen MR) is 85.4 cm³/mol. The van der Waals surface area contributed by atoms with Crippen molar-refractivity contribution in [1.29, 1.82) is 0 Å². The SMILES string of the molecule is C[Si](C)(C)Nc1cccc2c1ncn2[Si](C)(C)C. The highest BCUT2D eigenvalue weighted by Gasteiger charge is 2.21. The van der Waals surface area contributed by atoms with Gasteiger partial charge in [-0.05, 0) is 12.1 Å². The Hall–Kier alpha value is -1.08. The maximum Gasteiger partial charge on any atom is 0.154 e. The average Bonchev–Trinajstić information content (AvgIpc) is 2.58. The standard InChI is InChI=1S/C13H23N3Si2/c1-17(2,3)15-11-8-7-9-12-13(11)14-10-16(12)18(4,5)6/h7-10,15H,1-6H3. The van der Waals surface area contributed by atoms with E-state index in [1.54, 1.807) is 0 Å². The van der Waals surface area contributed by atoms with E-state index < -0.39 is 16.5 Å². The summed E-state index contributed by atoms with van der Waals surface area (Å²) in [6, 6.07) is 6.45. The van der Waals surface area contributed by atoms with Crippen molar-refractivity contribution in [2.45, 2.75) is 39.3 Å². The molecule has 98 valence electrons. The molecular formula is C13H23N3Si2. The van der Waals surface area contributed by atoms with Crippen molar-refractivity contribution < 1.29 is 0 Å². The maximum absolute atomic E-state index is 4.63. The summed E-state index contributed by atoms with van der Waals surface area (Å²) in [5.74, 6) is 0. The van der Waals surface area contributed by atoms with E-state index in [-0.39, 0.29) is 0 Å². The molecule has 1 aromatic carbocycles. The van der Waals surface area contributed by atoms with Gasteiger partial charge in [0.2, 0.25) is 0 Å². The van der Waals surface area contributed by atoms with E-state index in [0.29, 0.717) is 0 Å². The van der Waals surface area contributed by atoms with E-state index in [2.05, 4.69) is 71.7 Å². The van der Waals surface area contributed by atoms with Crippen molar-refractivity contribution in [3.63, 3.8) is 0 Å². The molecule has 0 aliphatic rings. The molecule has 2 aromatic rings. The van der Waals surface area contributed by atoms with Gasteiger partial charge in [0.15, 0.2) is 8.24 Å². The number of hydrogen-bond donors (Lipinski definition) is 1. The number of para-hydroxylation sites is 1. The van der Waals surface area contributed by atoms with Gasteiger partial charge in [0, 0.05) is 0 Å². The number of hydrogen-bond acceptors (Lipinski definition) is 2. The van der Waals surface area contributed by atoms with Gasteiger partial charge in [-0.15, -0.1) is 0 Å². The quantitative estimate of drug-likeness (QED) is 0.861. The molecule has 1 heterocycles. The van der Waals surface area contributed by atoms with Crippen LogP contribution in [0.5, 0.6) is 0 Å². The third kappa shape index (κ3) is 2.67. The van der Waals surface area contributed by atoms with Crippen LogP contribution < -0.4 is 4.98 Å². The summed E-state index contributed by atoms with van der Waals surface area (Å²) in [7, 11) is -2.73. The van der Waals surface area contributed by atoms with Gasteiger partial charge in [0.25, 0.3) is 0 Å². The Bertz CT molecular complexity index is 562. The number of rotatable bonds is 3. The minimum atomic E-state index is -1.39. The molecule has 0 saturated heterocycles. The summed E-state index contributed by atoms with van der Waals surface area (Å²) in [6.45, 7) is 13.9. The summed E-state index contributed by atoms with van der Waals surface area (Å²) >= 11 is 0. The molecule has 0 unspecified atom stereocenters. The molecule has 18 heavy (non-hydrogen) atoms. The van der Waals surface area contributed by atoms with Gasteiger partial charge in [-0.25, -0.2) is 4.98 Å². The first-order valence-corrected chi connectivity index (χ1v) is 13.4. The van der Waals surface area contributed by atoms with Crippen molar-refractivity contribution in [2.75, 3.05) is 4.98 Å². The molecule has 0 saturated carbocycles. The molecule has 0 aliphatic heterocycles. The Morgan fingerprint density at radius 3 is 2.28 bits per heavy atom. The lowest BCUT2D eigenvalue weighted by Crippen LogP contribution is -2.32. The molecule has 0 amide bonds. The van der Waals surface area contributed by atoms with Crippen LogP contribution in [0.25, 0.3) is 11.0 Å². The molecule has 0 fully saturated rings. The van der Waals surface area contributed by atoms with Crippen LogP contribution in [0.15, 0.2) is 24.5 Å². The molecular weight excluding hydrogens is 254 g/mol. The molecule has 0 radical (unpaired) electrons. The highest BCUT2D eigenvalue weighted by Crippen LogP contribution is 2.25. The van der Waals surface area contributed by atoms with Crippen molar-refractivity contribution in [2.24, 2.45) is 0 Å². The van der Waals surface area contributed by atoms with Gasteiger partial charge >= 0.3 is 0 Å². The topological polar surface area (TPSA) is 29.9 Å². The van der Waals surface area contributed by atoms with Crippen LogP contribution in [-0.2, 0) is 0 Å². The highest BCUT2D eigenvalue weighted by atomic mass is 28.3. The van der Waals surface area contributed by atoms with Crippen molar-refractivity contribution in [1.82, 2.24) is 9.22 Å². The van der Waals surface area contributed by atoms with Gasteiger partial charge in [0.05, 0.1) is 17.5 Å². The minimum Gasteiger partial charge on any atom is -0.409 e. The largest absolute Gasteiger partial charge is 0.409 e. The van der Waals surface area contributed by atoms with Gasteiger partial charge in [0.1, 0.15) is 13.8 Å². The summed E-state index contributed by atoms with van der Waals surface area (Å²) < 4.78 is 2.37. The van der Waals surface area contributed by atoms with Gasteiger partial charge < -0.3 is 9.22 Å². The van der Waals surface area contributed by atoms with Crippen molar-refractivity contribution in [3.8, 4) is 0 Å². The van der Waals surface area contributed by atoms with E-state index in [0.717, 1.165) is 5.52 Å². The zero-order chi connectivity index (χ0) is 13.6. The Balaban J connectivity index is 2.56. The summed E-state index contributed by atoms with van der Waals surface area (Å²) in [4.78, 5) is 8.29. The van der Waals surface area contributed by atoms with E-state index in [1.807, 2.05) is 6.33 Å². The number of nitrogens with zero attached hydrogens (tertiary/aromatic N) is 2. The molecule has 0 spiro atoms. The van der Waals surface area contributed by atoms with Crippen LogP contribution in [0, 0.1) is 0 Å². The summed E-state index contributed by atoms with van der Waals surface area (Å²) in [6.07, 6.45) is 2.01. The lowest BCUT2D eigenvalue weighted by atomic mass is 10.3. The Morgan fingerprint density at radius 1 is 1.06 bits per heavy atom. The Morgan fingerprint density at radius 2 is 1.72 bits per heavy atom. The second-order valence-electron chi connectivity index (χ2n) is 6.83. The fourth-order valence-electron chi connectivity index (χ4n) is 2.08. The highest BCUT2D eigenvalue weighted by molar-refractivity contribution is 6.79. The fourth-order valence-corrected chi connectivity index (χ4v) is 4.40. The molecule has 0 aliphatic carbocycles. The first kappa shape index (κ1) is 13.4. The Kier molecular flexibility index (Phi) is 3.15. The van der Waals surface area contributed by atoms with Gasteiger partial charge in [-0.3, -0.25) is 0 Å². The maximum atomic E-state index is 4.63. The lowest BCUT2D eigenvalue weighted by Gasteiger charge is -2.21. The fraction of sp³-hybridized carbons (Fsp3) is 0.462. The van der Waals surface area contributed by atoms with E-state index in [9.17, 15) is 0 Å². The first-order valence-electron chi connectivity index (χ1n) is 6.43. The number of nitrogens with one attached hydrogen (secondary N) is 1. The normalized spacial score (nSPS) is 13.0. The van der Waals surface area contributed by atoms with Crippen molar-refractivity contribution >= 4 is 33.2 Å². The van der Waals surface area contributed by atoms with Gasteiger partial charge in [-0.2, -0.15) is 0 Å². The van der Waals surface area contributed by atoms with Crippen LogP contribution >= 0.6 is 0 Å². The molecule has 1 aromatic heterocycles. The Labute approximate surface area is 111 Å². The van der Waals surface area contributed by atoms with E-state index in [4.69, 9.17) is 0 Å². The summed E-state index contributed by atoms with van der Waals surface area (Å²) in [5, 5.41) is 0. The molecule has 3 nitrogen and oxygen atoms in total. The van der Waals surface area contributed by atoms with E-state index >= 15 is 0 Å². The molecule has 5 heteroatoms. The smallest absolute Gasteiger partial charge is 0.154 e. The second kappa shape index (κ2) is 4.24.